The lowest BCUT2D eigenvalue weighted by Crippen LogP contribution is -2.22. The number of likely N-dealkylation sites (tertiary alicyclic amines) is 1. The van der Waals surface area contributed by atoms with Crippen molar-refractivity contribution in [2.45, 2.75) is 19.1 Å². The molecule has 0 bridgehead atoms. The van der Waals surface area contributed by atoms with Crippen molar-refractivity contribution in [1.82, 2.24) is 19.9 Å². The second-order valence-electron chi connectivity index (χ2n) is 5.01. The molecule has 1 aliphatic rings. The third kappa shape index (κ3) is 3.00. The molecule has 104 valence electrons. The fourth-order valence-corrected chi connectivity index (χ4v) is 2.46. The predicted octanol–water partition coefficient (Wildman–Crippen LogP) is 1.76. The highest BCUT2D eigenvalue weighted by Crippen LogP contribution is 2.16. The van der Waals surface area contributed by atoms with Gasteiger partial charge in [-0.3, -0.25) is 9.88 Å². The normalized spacial score (nSPS) is 19.4. The van der Waals surface area contributed by atoms with E-state index in [4.69, 9.17) is 4.74 Å². The molecule has 3 rings (SSSR count). The summed E-state index contributed by atoms with van der Waals surface area (Å²) in [6.45, 7) is 2.93. The Morgan fingerprint density at radius 1 is 1.25 bits per heavy atom. The number of hydrogen-bond acceptors (Lipinski definition) is 5. The SMILES string of the molecule is CO[C@@H]1CCN(Cc2cnc(-c3ccccn3)nc2)C1. The average Bonchev–Trinajstić information content (AvgIpc) is 2.97. The van der Waals surface area contributed by atoms with Gasteiger partial charge in [-0.2, -0.15) is 0 Å². The van der Waals surface area contributed by atoms with Crippen LogP contribution in [0, 0.1) is 0 Å². The first-order valence-electron chi connectivity index (χ1n) is 6.82. The molecular formula is C15H18N4O. The molecule has 0 amide bonds. The van der Waals surface area contributed by atoms with Crippen LogP contribution in [0.25, 0.3) is 11.5 Å². The Kier molecular flexibility index (Phi) is 3.99. The van der Waals surface area contributed by atoms with Crippen molar-refractivity contribution in [1.29, 1.82) is 0 Å². The van der Waals surface area contributed by atoms with Crippen LogP contribution < -0.4 is 0 Å². The van der Waals surface area contributed by atoms with E-state index in [9.17, 15) is 0 Å². The standard InChI is InChI=1S/C15H18N4O/c1-20-13-5-7-19(11-13)10-12-8-17-15(18-9-12)14-4-2-3-6-16-14/h2-4,6,8-9,13H,5,7,10-11H2,1H3/t13-/m1/s1. The van der Waals surface area contributed by atoms with Gasteiger partial charge in [-0.15, -0.1) is 0 Å². The van der Waals surface area contributed by atoms with Gasteiger partial charge in [0.1, 0.15) is 5.69 Å². The van der Waals surface area contributed by atoms with Crippen LogP contribution in [-0.2, 0) is 11.3 Å². The molecule has 1 atom stereocenters. The van der Waals surface area contributed by atoms with E-state index in [1.54, 1.807) is 13.3 Å². The molecule has 1 aliphatic heterocycles. The number of pyridine rings is 1. The zero-order valence-corrected chi connectivity index (χ0v) is 11.6. The molecular weight excluding hydrogens is 252 g/mol. The van der Waals surface area contributed by atoms with Crippen LogP contribution in [0.3, 0.4) is 0 Å². The van der Waals surface area contributed by atoms with E-state index in [0.29, 0.717) is 11.9 Å². The molecule has 0 aliphatic carbocycles. The predicted molar refractivity (Wildman–Crippen MR) is 76.0 cm³/mol. The summed E-state index contributed by atoms with van der Waals surface area (Å²) in [5.74, 6) is 0.672. The Bertz CT molecular complexity index is 544. The van der Waals surface area contributed by atoms with E-state index < -0.39 is 0 Å². The minimum Gasteiger partial charge on any atom is -0.380 e. The highest BCUT2D eigenvalue weighted by Gasteiger charge is 2.21. The van der Waals surface area contributed by atoms with Crippen LogP contribution >= 0.6 is 0 Å². The van der Waals surface area contributed by atoms with Gasteiger partial charge in [-0.25, -0.2) is 9.97 Å². The van der Waals surface area contributed by atoms with E-state index in [-0.39, 0.29) is 0 Å². The van der Waals surface area contributed by atoms with E-state index in [2.05, 4.69) is 19.9 Å². The van der Waals surface area contributed by atoms with Gasteiger partial charge in [0.05, 0.1) is 6.10 Å². The molecule has 2 aromatic heterocycles. The maximum absolute atomic E-state index is 5.37. The molecule has 0 saturated carbocycles. The van der Waals surface area contributed by atoms with E-state index in [0.717, 1.165) is 37.3 Å². The Labute approximate surface area is 118 Å². The topological polar surface area (TPSA) is 51.1 Å². The smallest absolute Gasteiger partial charge is 0.178 e. The minimum absolute atomic E-state index is 0.365. The number of aromatic nitrogens is 3. The zero-order chi connectivity index (χ0) is 13.8. The molecule has 0 unspecified atom stereocenters. The first kappa shape index (κ1) is 13.1. The van der Waals surface area contributed by atoms with E-state index >= 15 is 0 Å². The van der Waals surface area contributed by atoms with Crippen molar-refractivity contribution in [2.75, 3.05) is 20.2 Å². The fourth-order valence-electron chi connectivity index (χ4n) is 2.46. The molecule has 0 N–H and O–H groups in total. The summed E-state index contributed by atoms with van der Waals surface area (Å²) >= 11 is 0. The summed E-state index contributed by atoms with van der Waals surface area (Å²) in [5, 5.41) is 0. The zero-order valence-electron chi connectivity index (χ0n) is 11.6. The van der Waals surface area contributed by atoms with Crippen LogP contribution in [0.5, 0.6) is 0 Å². The van der Waals surface area contributed by atoms with Crippen LogP contribution in [0.2, 0.25) is 0 Å². The molecule has 1 saturated heterocycles. The third-order valence-corrected chi connectivity index (χ3v) is 3.57. The molecule has 2 aromatic rings. The monoisotopic (exact) mass is 270 g/mol. The maximum atomic E-state index is 5.37. The second-order valence-corrected chi connectivity index (χ2v) is 5.01. The summed E-state index contributed by atoms with van der Waals surface area (Å²) < 4.78 is 5.37. The quantitative estimate of drug-likeness (QED) is 0.847. The van der Waals surface area contributed by atoms with Crippen molar-refractivity contribution in [3.8, 4) is 11.5 Å². The van der Waals surface area contributed by atoms with Gasteiger partial charge in [-0.1, -0.05) is 6.07 Å². The highest BCUT2D eigenvalue weighted by atomic mass is 16.5. The lowest BCUT2D eigenvalue weighted by atomic mass is 10.3. The van der Waals surface area contributed by atoms with Crippen LogP contribution in [-0.4, -0.2) is 46.2 Å². The third-order valence-electron chi connectivity index (χ3n) is 3.57. The summed E-state index contributed by atoms with van der Waals surface area (Å²) in [6.07, 6.45) is 6.99. The molecule has 5 heteroatoms. The number of rotatable bonds is 4. The van der Waals surface area contributed by atoms with E-state index in [1.165, 1.54) is 0 Å². The Balaban J connectivity index is 1.65. The van der Waals surface area contributed by atoms with Gasteiger partial charge in [0.25, 0.3) is 0 Å². The summed E-state index contributed by atoms with van der Waals surface area (Å²) in [5.41, 5.74) is 1.93. The molecule has 20 heavy (non-hydrogen) atoms. The number of ether oxygens (including phenoxy) is 1. The van der Waals surface area contributed by atoms with Crippen molar-refractivity contribution < 1.29 is 4.74 Å². The second kappa shape index (κ2) is 6.07. The van der Waals surface area contributed by atoms with Crippen molar-refractivity contribution in [3.63, 3.8) is 0 Å². The fraction of sp³-hybridized carbons (Fsp3) is 0.400. The van der Waals surface area contributed by atoms with Gasteiger partial charge in [0, 0.05) is 50.9 Å². The van der Waals surface area contributed by atoms with Gasteiger partial charge < -0.3 is 4.74 Å². The maximum Gasteiger partial charge on any atom is 0.178 e. The van der Waals surface area contributed by atoms with Gasteiger partial charge >= 0.3 is 0 Å². The van der Waals surface area contributed by atoms with E-state index in [1.807, 2.05) is 30.6 Å². The van der Waals surface area contributed by atoms with Crippen molar-refractivity contribution >= 4 is 0 Å². The molecule has 0 radical (unpaired) electrons. The average molecular weight is 270 g/mol. The number of hydrogen-bond donors (Lipinski definition) is 0. The Morgan fingerprint density at radius 2 is 2.10 bits per heavy atom. The van der Waals surface area contributed by atoms with Crippen molar-refractivity contribution in [2.24, 2.45) is 0 Å². The largest absolute Gasteiger partial charge is 0.380 e. The summed E-state index contributed by atoms with van der Waals surface area (Å²) in [4.78, 5) is 15.4. The first-order valence-corrected chi connectivity index (χ1v) is 6.82. The Morgan fingerprint density at radius 3 is 2.75 bits per heavy atom. The number of nitrogens with zero attached hydrogens (tertiary/aromatic N) is 4. The van der Waals surface area contributed by atoms with Gasteiger partial charge in [0.15, 0.2) is 5.82 Å². The van der Waals surface area contributed by atoms with Crippen LogP contribution in [0.1, 0.15) is 12.0 Å². The van der Waals surface area contributed by atoms with Gasteiger partial charge in [-0.05, 0) is 18.6 Å². The molecule has 1 fully saturated rings. The molecule has 0 aromatic carbocycles. The van der Waals surface area contributed by atoms with Crippen molar-refractivity contribution in [3.05, 3.63) is 42.4 Å². The highest BCUT2D eigenvalue weighted by molar-refractivity contribution is 5.47. The van der Waals surface area contributed by atoms with Gasteiger partial charge in [0.2, 0.25) is 0 Å². The lowest BCUT2D eigenvalue weighted by Gasteiger charge is -2.15. The summed E-state index contributed by atoms with van der Waals surface area (Å²) in [6, 6.07) is 5.74. The Hall–Kier alpha value is -1.85. The van der Waals surface area contributed by atoms with Crippen LogP contribution in [0.15, 0.2) is 36.8 Å². The minimum atomic E-state index is 0.365. The number of methoxy groups -OCH3 is 1. The first-order chi connectivity index (χ1) is 9.85. The lowest BCUT2D eigenvalue weighted by molar-refractivity contribution is 0.107. The summed E-state index contributed by atoms with van der Waals surface area (Å²) in [7, 11) is 1.78. The molecule has 5 nitrogen and oxygen atoms in total. The molecule has 0 spiro atoms. The van der Waals surface area contributed by atoms with Crippen LogP contribution in [0.4, 0.5) is 0 Å². The molecule has 3 heterocycles.